The van der Waals surface area contributed by atoms with Crippen molar-refractivity contribution in [1.82, 2.24) is 0 Å². The first kappa shape index (κ1) is 49.5. The van der Waals surface area contributed by atoms with E-state index in [0.717, 1.165) is 34.6 Å². The monoisotopic (exact) mass is 490 g/mol. The summed E-state index contributed by atoms with van der Waals surface area (Å²) in [6.45, 7) is 4.97. The number of carbonyl (C=O) groups excluding carboxylic acids is 4. The van der Waals surface area contributed by atoms with Gasteiger partial charge in [-0.05, 0) is 27.7 Å². The first-order valence-electron chi connectivity index (χ1n) is 4.56. The summed E-state index contributed by atoms with van der Waals surface area (Å²) in [5, 5.41) is 43.0. The van der Waals surface area contributed by atoms with Crippen LogP contribution in [-0.4, -0.2) is 35.0 Å². The molecule has 0 aliphatic heterocycles. The van der Waals surface area contributed by atoms with Crippen molar-refractivity contribution >= 4 is 46.8 Å². The molecule has 0 heterocycles. The van der Waals surface area contributed by atoms with Gasteiger partial charge in [0.1, 0.15) is 0 Å². The van der Waals surface area contributed by atoms with E-state index in [1.807, 2.05) is 0 Å². The van der Waals surface area contributed by atoms with Crippen LogP contribution in [0.3, 0.4) is 0 Å². The zero-order valence-corrected chi connectivity index (χ0v) is 16.7. The zero-order chi connectivity index (χ0) is 17.9. The zero-order valence-electron chi connectivity index (χ0n) is 12.7. The van der Waals surface area contributed by atoms with E-state index < -0.39 is 29.8 Å². The fraction of sp³-hybridized carbons (Fsp3) is 0.500. The van der Waals surface area contributed by atoms with Crippen molar-refractivity contribution in [3.8, 4) is 0 Å². The number of hydrogen-bond acceptors (Lipinski definition) is 9. The third-order valence-electron chi connectivity index (χ3n) is 0. The SMILES string of the molecule is Br.CC(=O)O.CC(=O)[O-].CC(=O)[O-].CC(=O)[O-].CC(=O)[O-].[Co+2].[Mn+2]. The van der Waals surface area contributed by atoms with Gasteiger partial charge in [0.25, 0.3) is 5.97 Å². The van der Waals surface area contributed by atoms with Crippen LogP contribution in [0.15, 0.2) is 0 Å². The van der Waals surface area contributed by atoms with Gasteiger partial charge >= 0.3 is 33.8 Å². The number of rotatable bonds is 0. The van der Waals surface area contributed by atoms with Crippen molar-refractivity contribution in [2.24, 2.45) is 0 Å². The van der Waals surface area contributed by atoms with Crippen LogP contribution in [0.25, 0.3) is 0 Å². The van der Waals surface area contributed by atoms with E-state index in [-0.39, 0.29) is 50.8 Å². The maximum atomic E-state index is 9.00. The number of hydrogen-bond donors (Lipinski definition) is 1. The molecule has 0 saturated heterocycles. The summed E-state index contributed by atoms with van der Waals surface area (Å²) in [6.07, 6.45) is 0. The molecule has 0 unspecified atom stereocenters. The van der Waals surface area contributed by atoms with Crippen molar-refractivity contribution in [2.75, 3.05) is 0 Å². The van der Waals surface area contributed by atoms with Crippen molar-refractivity contribution < 1.29 is 83.4 Å². The Kier molecular flexibility index (Phi) is 92.2. The third kappa shape index (κ3) is 5670. The summed E-state index contributed by atoms with van der Waals surface area (Å²) in [7, 11) is 0. The van der Waals surface area contributed by atoms with E-state index in [4.69, 9.17) is 49.5 Å². The summed E-state index contributed by atoms with van der Waals surface area (Å²) in [5.41, 5.74) is 0. The molecule has 0 atom stereocenters. The quantitative estimate of drug-likeness (QED) is 0.324. The molecule has 0 aromatic heterocycles. The van der Waals surface area contributed by atoms with Crippen LogP contribution in [0.1, 0.15) is 34.6 Å². The number of carboxylic acid groups (broad SMARTS) is 5. The number of carboxylic acids is 5. The van der Waals surface area contributed by atoms with E-state index in [1.165, 1.54) is 0 Å². The van der Waals surface area contributed by atoms with Crippen LogP contribution < -0.4 is 20.4 Å². The van der Waals surface area contributed by atoms with Crippen molar-refractivity contribution in [3.63, 3.8) is 0 Å². The second-order valence-electron chi connectivity index (χ2n) is 2.49. The molecule has 13 heteroatoms. The van der Waals surface area contributed by atoms with Crippen molar-refractivity contribution in [1.29, 1.82) is 0 Å². The summed E-state index contributed by atoms with van der Waals surface area (Å²) in [5.74, 6) is -5.17. The maximum Gasteiger partial charge on any atom is 2.00 e. The van der Waals surface area contributed by atoms with Crippen LogP contribution in [0, 0.1) is 0 Å². The van der Waals surface area contributed by atoms with Crippen molar-refractivity contribution in [2.45, 2.75) is 34.6 Å². The molecule has 2 radical (unpaired) electrons. The number of halogens is 1. The predicted molar refractivity (Wildman–Crippen MR) is 66.4 cm³/mol. The first-order chi connectivity index (χ1) is 8.66. The standard InChI is InChI=1S/5C2H4O2.BrH.Co.Mn/c5*1-2(3)4;;;/h5*1H3,(H,3,4);1H;;/q;;;;;;2*+2/p-4. The molecule has 23 heavy (non-hydrogen) atoms. The Morgan fingerprint density at radius 1 is 0.609 bits per heavy atom. The smallest absolute Gasteiger partial charge is 0.550 e. The van der Waals surface area contributed by atoms with Gasteiger partial charge < -0.3 is 44.7 Å². The van der Waals surface area contributed by atoms with Crippen LogP contribution in [0.4, 0.5) is 0 Å². The van der Waals surface area contributed by atoms with E-state index in [2.05, 4.69) is 0 Å². The van der Waals surface area contributed by atoms with Gasteiger partial charge in [0.15, 0.2) is 0 Å². The van der Waals surface area contributed by atoms with Gasteiger partial charge in [-0.3, -0.25) is 4.79 Å². The number of aliphatic carboxylic acids is 5. The minimum atomic E-state index is -1.08. The van der Waals surface area contributed by atoms with Crippen LogP contribution in [0.5, 0.6) is 0 Å². The average molecular weight is 491 g/mol. The van der Waals surface area contributed by atoms with E-state index in [9.17, 15) is 0 Å². The van der Waals surface area contributed by atoms with E-state index in [0.29, 0.717) is 0 Å². The third-order valence-corrected chi connectivity index (χ3v) is 0. The van der Waals surface area contributed by atoms with Gasteiger partial charge in [0, 0.05) is 30.8 Å². The van der Waals surface area contributed by atoms with Crippen LogP contribution >= 0.6 is 17.0 Å². The molecular weight excluding hydrogens is 474 g/mol. The second kappa shape index (κ2) is 42.8. The van der Waals surface area contributed by atoms with Gasteiger partial charge in [-0.25, -0.2) is 0 Å². The van der Waals surface area contributed by atoms with Crippen LogP contribution in [-0.2, 0) is 57.8 Å². The first-order valence-corrected chi connectivity index (χ1v) is 4.56. The van der Waals surface area contributed by atoms with Gasteiger partial charge in [0.05, 0.1) is 0 Å². The van der Waals surface area contributed by atoms with Crippen LogP contribution in [0.2, 0.25) is 0 Å². The Morgan fingerprint density at radius 2 is 0.609 bits per heavy atom. The van der Waals surface area contributed by atoms with Gasteiger partial charge in [-0.15, -0.1) is 17.0 Å². The summed E-state index contributed by atoms with van der Waals surface area (Å²) >= 11 is 0. The Bertz CT molecular complexity index is 222. The fourth-order valence-electron chi connectivity index (χ4n) is 0. The Balaban J connectivity index is -0.0000000197. The topological polar surface area (TPSA) is 198 Å². The number of carbonyl (C=O) groups is 5. The molecule has 1 N–H and O–H groups in total. The normalized spacial score (nSPS) is 5.43. The van der Waals surface area contributed by atoms with E-state index in [1.54, 1.807) is 0 Å². The second-order valence-corrected chi connectivity index (χ2v) is 2.49. The molecule has 0 aliphatic rings. The average Bonchev–Trinajstić information content (AvgIpc) is 1.94. The minimum absolute atomic E-state index is 0. The van der Waals surface area contributed by atoms with Gasteiger partial charge in [-0.1, -0.05) is 0 Å². The Labute approximate surface area is 164 Å². The maximum absolute atomic E-state index is 9.00. The Hall–Kier alpha value is -1.14. The molecule has 0 aromatic rings. The van der Waals surface area contributed by atoms with Gasteiger partial charge in [0.2, 0.25) is 0 Å². The summed E-state index contributed by atoms with van der Waals surface area (Å²) < 4.78 is 0. The molecule has 0 aliphatic carbocycles. The molecule has 10 nitrogen and oxygen atoms in total. The fourth-order valence-corrected chi connectivity index (χ4v) is 0. The Morgan fingerprint density at radius 3 is 0.609 bits per heavy atom. The summed E-state index contributed by atoms with van der Waals surface area (Å²) in [4.78, 5) is 44.6. The summed E-state index contributed by atoms with van der Waals surface area (Å²) in [6, 6.07) is 0. The molecular formula is C10H17BrCoMnO10. The molecule has 140 valence electrons. The molecule has 0 fully saturated rings. The molecule has 0 aromatic carbocycles. The molecule has 0 saturated carbocycles. The van der Waals surface area contributed by atoms with Crippen molar-refractivity contribution in [3.05, 3.63) is 0 Å². The van der Waals surface area contributed by atoms with Gasteiger partial charge in [-0.2, -0.15) is 0 Å². The minimum Gasteiger partial charge on any atom is -0.550 e. The van der Waals surface area contributed by atoms with E-state index >= 15 is 0 Å². The molecule has 0 amide bonds. The molecule has 0 bridgehead atoms. The molecule has 0 spiro atoms. The predicted octanol–water partition coefficient (Wildman–Crippen LogP) is -4.31. The molecule has 0 rings (SSSR count). The largest absolute Gasteiger partial charge is 2.00 e.